The molecule has 3 aliphatic rings. The van der Waals surface area contributed by atoms with Gasteiger partial charge in [-0.2, -0.15) is 13.2 Å². The molecule has 5 rings (SSSR count). The van der Waals surface area contributed by atoms with Gasteiger partial charge in [-0.05, 0) is 88.0 Å². The Bertz CT molecular complexity index is 1640. The molecule has 0 radical (unpaired) electrons. The maximum absolute atomic E-state index is 15.0. The molecule has 250 valence electrons. The molecule has 2 amide bonds. The van der Waals surface area contributed by atoms with Crippen LogP contribution in [0.15, 0.2) is 41.3 Å². The average molecular weight is 671 g/mol. The molecule has 3 N–H and O–H groups in total. The molecule has 2 aromatic rings. The third kappa shape index (κ3) is 6.38. The number of alkyl halides is 3. The molecule has 1 unspecified atom stereocenters. The number of ether oxygens (including phenoxy) is 2. The molecule has 15 heteroatoms. The van der Waals surface area contributed by atoms with Gasteiger partial charge in [0.25, 0.3) is 15.7 Å². The van der Waals surface area contributed by atoms with Gasteiger partial charge < -0.3 is 25.2 Å². The molecule has 3 saturated carbocycles. The van der Waals surface area contributed by atoms with Gasteiger partial charge in [-0.1, -0.05) is 6.07 Å². The van der Waals surface area contributed by atoms with Gasteiger partial charge in [0.05, 0.1) is 35.0 Å². The van der Waals surface area contributed by atoms with E-state index in [0.717, 1.165) is 30.7 Å². The zero-order valence-electron chi connectivity index (χ0n) is 25.0. The van der Waals surface area contributed by atoms with Crippen LogP contribution in [0.4, 0.5) is 23.2 Å². The number of nitrogens with one attached hydrogen (secondary N) is 2. The molecule has 0 saturated heterocycles. The highest BCUT2D eigenvalue weighted by Gasteiger charge is 2.52. The Balaban J connectivity index is 1.32. The fourth-order valence-electron chi connectivity index (χ4n) is 6.92. The van der Waals surface area contributed by atoms with E-state index in [1.54, 1.807) is 6.92 Å². The standard InChI is InChI=1S/C31H34F4N2O8S/c1-30(29(40)41)10-8-19(9-11-30)45-24-14-21(23(44-2)15-22(24)32)27(38)37-26-17-7-6-16(12-17)25(26)28(39)36-18-4-3-5-20(13-18)46(42,43)31(33,34)35/h3-5,13-17,19,25-26H,6-12H2,1-2H3,(H,36,39)(H,37,38)(H,40,41)/t16-,17+,19?,25+,26?,30?/m1/s1. The Kier molecular flexibility index (Phi) is 9.01. The number of hydrogen-bond acceptors (Lipinski definition) is 7. The summed E-state index contributed by atoms with van der Waals surface area (Å²) in [5.41, 5.74) is -6.59. The van der Waals surface area contributed by atoms with Crippen LogP contribution in [0.25, 0.3) is 0 Å². The number of benzene rings is 2. The summed E-state index contributed by atoms with van der Waals surface area (Å²) in [4.78, 5) is 37.6. The van der Waals surface area contributed by atoms with Crippen molar-refractivity contribution >= 4 is 33.3 Å². The first-order valence-corrected chi connectivity index (χ1v) is 16.3. The van der Waals surface area contributed by atoms with Crippen LogP contribution in [0.5, 0.6) is 11.5 Å². The van der Waals surface area contributed by atoms with Crippen LogP contribution in [0.2, 0.25) is 0 Å². The first kappa shape index (κ1) is 33.5. The highest BCUT2D eigenvalue weighted by molar-refractivity contribution is 7.92. The molecular formula is C31H34F4N2O8S. The summed E-state index contributed by atoms with van der Waals surface area (Å²) in [5, 5.41) is 14.9. The molecule has 46 heavy (non-hydrogen) atoms. The number of rotatable bonds is 9. The highest BCUT2D eigenvalue weighted by Crippen LogP contribution is 2.49. The van der Waals surface area contributed by atoms with Gasteiger partial charge in [0.2, 0.25) is 5.91 Å². The van der Waals surface area contributed by atoms with E-state index in [-0.39, 0.29) is 34.6 Å². The zero-order valence-corrected chi connectivity index (χ0v) is 25.8. The largest absolute Gasteiger partial charge is 0.501 e. The van der Waals surface area contributed by atoms with E-state index in [1.807, 2.05) is 0 Å². The predicted molar refractivity (Wildman–Crippen MR) is 155 cm³/mol. The van der Waals surface area contributed by atoms with E-state index in [1.165, 1.54) is 19.2 Å². The molecule has 2 bridgehead atoms. The maximum atomic E-state index is 15.0. The first-order chi connectivity index (χ1) is 21.5. The molecule has 2 aromatic carbocycles. The number of carboxylic acids is 1. The van der Waals surface area contributed by atoms with E-state index >= 15 is 4.39 Å². The van der Waals surface area contributed by atoms with E-state index in [9.17, 15) is 41.1 Å². The number of carbonyl (C=O) groups is 3. The Morgan fingerprint density at radius 3 is 2.30 bits per heavy atom. The average Bonchev–Trinajstić information content (AvgIpc) is 3.60. The molecule has 0 aromatic heterocycles. The quantitative estimate of drug-likeness (QED) is 0.304. The second-order valence-electron chi connectivity index (χ2n) is 12.5. The first-order valence-electron chi connectivity index (χ1n) is 14.8. The summed E-state index contributed by atoms with van der Waals surface area (Å²) in [7, 11) is -4.37. The van der Waals surface area contributed by atoms with Gasteiger partial charge in [0.15, 0.2) is 11.6 Å². The van der Waals surface area contributed by atoms with Gasteiger partial charge in [0.1, 0.15) is 5.75 Å². The molecule has 0 aliphatic heterocycles. The Hall–Kier alpha value is -3.88. The molecule has 0 heterocycles. The number of hydrogen-bond donors (Lipinski definition) is 3. The molecule has 4 atom stereocenters. The maximum Gasteiger partial charge on any atom is 0.501 e. The summed E-state index contributed by atoms with van der Waals surface area (Å²) >= 11 is 0. The van der Waals surface area contributed by atoms with Gasteiger partial charge in [-0.3, -0.25) is 14.4 Å². The fraction of sp³-hybridized carbons (Fsp3) is 0.516. The third-order valence-electron chi connectivity index (χ3n) is 9.58. The lowest BCUT2D eigenvalue weighted by molar-refractivity contribution is -0.150. The molecule has 3 aliphatic carbocycles. The van der Waals surface area contributed by atoms with Crippen molar-refractivity contribution in [3.63, 3.8) is 0 Å². The lowest BCUT2D eigenvalue weighted by atomic mass is 9.75. The summed E-state index contributed by atoms with van der Waals surface area (Å²) in [6.45, 7) is 1.65. The van der Waals surface area contributed by atoms with Crippen LogP contribution in [0.3, 0.4) is 0 Å². The number of methoxy groups -OCH3 is 1. The summed E-state index contributed by atoms with van der Waals surface area (Å²) in [5.74, 6) is -4.16. The van der Waals surface area contributed by atoms with E-state index < -0.39 is 67.3 Å². The molecule has 3 fully saturated rings. The smallest absolute Gasteiger partial charge is 0.496 e. The van der Waals surface area contributed by atoms with Crippen molar-refractivity contribution in [3.05, 3.63) is 47.8 Å². The number of amides is 2. The SMILES string of the molecule is COc1cc(F)c(OC2CCC(C)(C(=O)O)CC2)cc1C(=O)NC1[C@H]2CC[C@H](C2)[C@@H]1C(=O)Nc1cccc(S(=O)(=O)C(F)(F)F)c1. The number of carbonyl (C=O) groups excluding carboxylic acids is 2. The lowest BCUT2D eigenvalue weighted by Crippen LogP contribution is -2.48. The Morgan fingerprint density at radius 1 is 1.00 bits per heavy atom. The predicted octanol–water partition coefficient (Wildman–Crippen LogP) is 5.32. The highest BCUT2D eigenvalue weighted by atomic mass is 32.2. The fourth-order valence-corrected chi connectivity index (χ4v) is 7.72. The second kappa shape index (κ2) is 12.4. The molecule has 10 nitrogen and oxygen atoms in total. The Morgan fingerprint density at radius 2 is 1.67 bits per heavy atom. The monoisotopic (exact) mass is 670 g/mol. The van der Waals surface area contributed by atoms with Gasteiger partial charge in [-0.25, -0.2) is 12.8 Å². The number of halogens is 4. The van der Waals surface area contributed by atoms with Crippen molar-refractivity contribution in [1.82, 2.24) is 5.32 Å². The van der Waals surface area contributed by atoms with Crippen molar-refractivity contribution in [2.75, 3.05) is 12.4 Å². The summed E-state index contributed by atoms with van der Waals surface area (Å²) in [6.07, 6.45) is 3.02. The Labute approximate surface area is 262 Å². The number of fused-ring (bicyclic) bond motifs is 2. The zero-order chi connectivity index (χ0) is 33.6. The topological polar surface area (TPSA) is 148 Å². The van der Waals surface area contributed by atoms with Crippen LogP contribution < -0.4 is 20.1 Å². The van der Waals surface area contributed by atoms with Gasteiger partial charge in [-0.15, -0.1) is 0 Å². The minimum Gasteiger partial charge on any atom is -0.496 e. The second-order valence-corrected chi connectivity index (χ2v) is 14.4. The number of sulfone groups is 1. The van der Waals surface area contributed by atoms with E-state index in [2.05, 4.69) is 10.6 Å². The van der Waals surface area contributed by atoms with Crippen molar-refractivity contribution in [3.8, 4) is 11.5 Å². The normalized spacial score (nSPS) is 27.6. The van der Waals surface area contributed by atoms with Crippen LogP contribution in [0.1, 0.15) is 62.2 Å². The van der Waals surface area contributed by atoms with Gasteiger partial charge in [0, 0.05) is 17.8 Å². The number of aliphatic carboxylic acids is 1. The third-order valence-corrected chi connectivity index (χ3v) is 11.1. The van der Waals surface area contributed by atoms with Crippen molar-refractivity contribution < 1.29 is 54.9 Å². The lowest BCUT2D eigenvalue weighted by Gasteiger charge is -2.34. The van der Waals surface area contributed by atoms with Crippen LogP contribution in [-0.2, 0) is 19.4 Å². The number of carboxylic acid groups (broad SMARTS) is 1. The van der Waals surface area contributed by atoms with Crippen LogP contribution in [0, 0.1) is 29.0 Å². The van der Waals surface area contributed by atoms with E-state index in [0.29, 0.717) is 38.5 Å². The van der Waals surface area contributed by atoms with Gasteiger partial charge >= 0.3 is 11.5 Å². The minimum absolute atomic E-state index is 0.0444. The van der Waals surface area contributed by atoms with Crippen LogP contribution in [-0.4, -0.2) is 56.1 Å². The van der Waals surface area contributed by atoms with Crippen molar-refractivity contribution in [2.24, 2.45) is 23.2 Å². The molecular weight excluding hydrogens is 636 g/mol. The summed E-state index contributed by atoms with van der Waals surface area (Å²) < 4.78 is 89.1. The summed E-state index contributed by atoms with van der Waals surface area (Å²) in [6, 6.07) is 5.44. The minimum atomic E-state index is -5.63. The van der Waals surface area contributed by atoms with Crippen LogP contribution >= 0.6 is 0 Å². The molecule has 0 spiro atoms. The van der Waals surface area contributed by atoms with Crippen molar-refractivity contribution in [2.45, 2.75) is 74.4 Å². The number of anilines is 1. The van der Waals surface area contributed by atoms with E-state index in [4.69, 9.17) is 9.47 Å². The van der Waals surface area contributed by atoms with Crippen molar-refractivity contribution in [1.29, 1.82) is 0 Å².